The quantitative estimate of drug-likeness (QED) is 0.335. The van der Waals surface area contributed by atoms with Crippen LogP contribution in [-0.2, 0) is 39.8 Å². The molecule has 0 aliphatic heterocycles. The van der Waals surface area contributed by atoms with Crippen LogP contribution < -0.4 is 4.57 Å². The Labute approximate surface area is 174 Å². The first-order valence-electron chi connectivity index (χ1n) is 8.12. The first-order valence-corrected chi connectivity index (χ1v) is 8.12. The standard InChI is InChI=1S/C23H18N.Y/c1-17-14-15-19-11-6-7-12-20(19)22(17)23-21(13-8-16-24(23)2)18-9-4-3-5-10-18;/h3-9,11-12,14-16H,1-2H3;/q-1;. The molecular formula is C23H18NY-. The summed E-state index contributed by atoms with van der Waals surface area (Å²) in [6, 6.07) is 29.8. The Hall–Kier alpha value is -1.83. The van der Waals surface area contributed by atoms with E-state index in [-0.39, 0.29) is 32.7 Å². The molecule has 0 saturated carbocycles. The summed E-state index contributed by atoms with van der Waals surface area (Å²) in [5, 5.41) is 2.52. The van der Waals surface area contributed by atoms with Crippen LogP contribution in [0.15, 0.2) is 72.9 Å². The Bertz CT molecular complexity index is 1020. The van der Waals surface area contributed by atoms with Crippen LogP contribution in [0.1, 0.15) is 5.56 Å². The number of pyridine rings is 1. The summed E-state index contributed by atoms with van der Waals surface area (Å²) in [7, 11) is 2.09. The number of nitrogens with zero attached hydrogens (tertiary/aromatic N) is 1. The minimum atomic E-state index is 0. The molecule has 1 aromatic heterocycles. The molecule has 1 heterocycles. The molecule has 0 aliphatic carbocycles. The molecule has 0 atom stereocenters. The van der Waals surface area contributed by atoms with Gasteiger partial charge >= 0.3 is 0 Å². The fourth-order valence-corrected chi connectivity index (χ4v) is 3.30. The molecule has 0 saturated heterocycles. The van der Waals surface area contributed by atoms with Crippen molar-refractivity contribution in [2.45, 2.75) is 6.92 Å². The number of rotatable bonds is 2. The first kappa shape index (κ1) is 18.0. The summed E-state index contributed by atoms with van der Waals surface area (Å²) in [6.45, 7) is 2.17. The summed E-state index contributed by atoms with van der Waals surface area (Å²) < 4.78 is 2.18. The van der Waals surface area contributed by atoms with Crippen LogP contribution in [0.2, 0.25) is 0 Å². The number of aryl methyl sites for hydroxylation is 2. The van der Waals surface area contributed by atoms with Gasteiger partial charge in [-0.1, -0.05) is 42.5 Å². The third-order valence-electron chi connectivity index (χ3n) is 4.47. The number of benzene rings is 3. The van der Waals surface area contributed by atoms with Crippen molar-refractivity contribution >= 4 is 10.8 Å². The van der Waals surface area contributed by atoms with E-state index < -0.39 is 0 Å². The Morgan fingerprint density at radius 1 is 0.840 bits per heavy atom. The van der Waals surface area contributed by atoms with Crippen molar-refractivity contribution in [1.82, 2.24) is 0 Å². The minimum Gasteiger partial charge on any atom is -0.289 e. The van der Waals surface area contributed by atoms with Gasteiger partial charge in [-0.15, -0.1) is 6.07 Å². The van der Waals surface area contributed by atoms with E-state index in [1.165, 1.54) is 27.6 Å². The van der Waals surface area contributed by atoms with Crippen molar-refractivity contribution in [2.24, 2.45) is 7.05 Å². The minimum absolute atomic E-state index is 0. The molecule has 0 N–H and O–H groups in total. The molecule has 4 aromatic rings. The van der Waals surface area contributed by atoms with E-state index in [0.717, 1.165) is 11.1 Å². The van der Waals surface area contributed by atoms with Crippen LogP contribution in [0, 0.1) is 19.1 Å². The molecule has 1 nitrogen and oxygen atoms in total. The van der Waals surface area contributed by atoms with Gasteiger partial charge in [0.1, 0.15) is 7.05 Å². The molecule has 0 bridgehead atoms. The molecule has 25 heavy (non-hydrogen) atoms. The molecule has 3 aromatic carbocycles. The van der Waals surface area contributed by atoms with Crippen LogP contribution in [-0.4, -0.2) is 0 Å². The normalized spacial score (nSPS) is 10.5. The Morgan fingerprint density at radius 2 is 1.64 bits per heavy atom. The maximum atomic E-state index is 3.43. The zero-order valence-corrected chi connectivity index (χ0v) is 17.3. The number of hydrogen-bond acceptors (Lipinski definition) is 0. The molecule has 0 spiro atoms. The van der Waals surface area contributed by atoms with E-state index in [4.69, 9.17) is 0 Å². The van der Waals surface area contributed by atoms with Gasteiger partial charge in [0.25, 0.3) is 0 Å². The Morgan fingerprint density at radius 3 is 2.44 bits per heavy atom. The fourth-order valence-electron chi connectivity index (χ4n) is 3.30. The van der Waals surface area contributed by atoms with Crippen LogP contribution >= 0.6 is 0 Å². The van der Waals surface area contributed by atoms with Crippen molar-refractivity contribution in [3.63, 3.8) is 0 Å². The largest absolute Gasteiger partial charge is 0.289 e. The average Bonchev–Trinajstić information content (AvgIpc) is 2.63. The maximum absolute atomic E-state index is 3.43. The zero-order chi connectivity index (χ0) is 16.5. The van der Waals surface area contributed by atoms with Crippen LogP contribution in [0.25, 0.3) is 33.2 Å². The fraction of sp³-hybridized carbons (Fsp3) is 0.0870. The van der Waals surface area contributed by atoms with Crippen molar-refractivity contribution in [3.8, 4) is 22.4 Å². The van der Waals surface area contributed by atoms with Gasteiger partial charge in [-0.25, -0.2) is 5.56 Å². The SMILES string of the molecule is Cc1ccc2ccccc2c1-c1c(-c2[c-]cccc2)[c-]cc[n+]1C.[Y]. The maximum Gasteiger partial charge on any atom is 0.120 e. The van der Waals surface area contributed by atoms with Gasteiger partial charge in [-0.2, -0.15) is 35.9 Å². The molecular weight excluding hydrogens is 379 g/mol. The summed E-state index contributed by atoms with van der Waals surface area (Å²) >= 11 is 0. The third kappa shape index (κ3) is 3.32. The number of hydrogen-bond donors (Lipinski definition) is 0. The second kappa shape index (κ2) is 7.60. The average molecular weight is 397 g/mol. The monoisotopic (exact) mass is 397 g/mol. The zero-order valence-electron chi connectivity index (χ0n) is 14.5. The van der Waals surface area contributed by atoms with Crippen molar-refractivity contribution in [3.05, 3.63) is 90.6 Å². The van der Waals surface area contributed by atoms with E-state index in [0.29, 0.717) is 0 Å². The van der Waals surface area contributed by atoms with Crippen molar-refractivity contribution in [1.29, 1.82) is 0 Å². The second-order valence-electron chi connectivity index (χ2n) is 6.05. The molecule has 0 amide bonds. The second-order valence-corrected chi connectivity index (χ2v) is 6.05. The van der Waals surface area contributed by atoms with E-state index in [2.05, 4.69) is 79.3 Å². The van der Waals surface area contributed by atoms with Crippen LogP contribution in [0.5, 0.6) is 0 Å². The molecule has 0 unspecified atom stereocenters. The van der Waals surface area contributed by atoms with E-state index in [1.807, 2.05) is 24.3 Å². The summed E-state index contributed by atoms with van der Waals surface area (Å²) in [5.41, 5.74) is 5.85. The molecule has 0 aliphatic rings. The van der Waals surface area contributed by atoms with Gasteiger partial charge < -0.3 is 0 Å². The smallest absolute Gasteiger partial charge is 0.120 e. The van der Waals surface area contributed by atoms with Crippen molar-refractivity contribution < 1.29 is 37.3 Å². The van der Waals surface area contributed by atoms with Gasteiger partial charge in [-0.3, -0.25) is 4.57 Å². The predicted octanol–water partition coefficient (Wildman–Crippen LogP) is 4.90. The van der Waals surface area contributed by atoms with Crippen LogP contribution in [0.4, 0.5) is 0 Å². The van der Waals surface area contributed by atoms with E-state index >= 15 is 0 Å². The van der Waals surface area contributed by atoms with Gasteiger partial charge in [-0.05, 0) is 23.3 Å². The molecule has 0 fully saturated rings. The van der Waals surface area contributed by atoms with E-state index in [1.54, 1.807) is 0 Å². The Balaban J connectivity index is 0.00000182. The van der Waals surface area contributed by atoms with Gasteiger partial charge in [0.15, 0.2) is 0 Å². The molecule has 119 valence electrons. The molecule has 1 radical (unpaired) electrons. The van der Waals surface area contributed by atoms with Crippen LogP contribution in [0.3, 0.4) is 0 Å². The molecule has 2 heteroatoms. The van der Waals surface area contributed by atoms with Gasteiger partial charge in [0.05, 0.1) is 11.9 Å². The van der Waals surface area contributed by atoms with Crippen molar-refractivity contribution in [2.75, 3.05) is 0 Å². The third-order valence-corrected chi connectivity index (χ3v) is 4.47. The Kier molecular flexibility index (Phi) is 5.46. The topological polar surface area (TPSA) is 3.88 Å². The van der Waals surface area contributed by atoms with Gasteiger partial charge in [0.2, 0.25) is 0 Å². The predicted molar refractivity (Wildman–Crippen MR) is 98.4 cm³/mol. The van der Waals surface area contributed by atoms with E-state index in [9.17, 15) is 0 Å². The molecule has 4 rings (SSSR count). The number of fused-ring (bicyclic) bond motifs is 1. The summed E-state index contributed by atoms with van der Waals surface area (Å²) in [4.78, 5) is 0. The first-order chi connectivity index (χ1) is 11.8. The number of aromatic nitrogens is 1. The van der Waals surface area contributed by atoms with Gasteiger partial charge in [0, 0.05) is 38.3 Å². The summed E-state index contributed by atoms with van der Waals surface area (Å²) in [5.74, 6) is 0. The summed E-state index contributed by atoms with van der Waals surface area (Å²) in [6.07, 6.45) is 2.06.